The zero-order valence-corrected chi connectivity index (χ0v) is 20.3. The van der Waals surface area contributed by atoms with Gasteiger partial charge in [-0.15, -0.1) is 0 Å². The maximum Gasteiger partial charge on any atom is 0.0622 e. The number of hydrogen-bond donors (Lipinski definition) is 1. The molecule has 1 nitrogen and oxygen atoms in total. The van der Waals surface area contributed by atoms with Gasteiger partial charge >= 0.3 is 0 Å². The van der Waals surface area contributed by atoms with Crippen LogP contribution in [-0.2, 0) is 0 Å². The van der Waals surface area contributed by atoms with E-state index in [-0.39, 0.29) is 0 Å². The maximum atomic E-state index is 10.7. The summed E-state index contributed by atoms with van der Waals surface area (Å²) in [6.45, 7) is 12.2. The van der Waals surface area contributed by atoms with Gasteiger partial charge in [0.1, 0.15) is 0 Å². The van der Waals surface area contributed by atoms with Gasteiger partial charge in [-0.3, -0.25) is 0 Å². The summed E-state index contributed by atoms with van der Waals surface area (Å²) in [6, 6.07) is 0. The molecule has 1 heteroatoms. The fourth-order valence-corrected chi connectivity index (χ4v) is 9.36. The first-order valence-electron chi connectivity index (χ1n) is 13.4. The highest BCUT2D eigenvalue weighted by Gasteiger charge is 2.60. The summed E-state index contributed by atoms with van der Waals surface area (Å²) >= 11 is 0. The lowest BCUT2D eigenvalue weighted by molar-refractivity contribution is -0.146. The third-order valence-electron chi connectivity index (χ3n) is 11.2. The lowest BCUT2D eigenvalue weighted by atomic mass is 9.44. The van der Waals surface area contributed by atoms with Crippen molar-refractivity contribution in [2.24, 2.45) is 46.3 Å². The second-order valence-corrected chi connectivity index (χ2v) is 13.0. The summed E-state index contributed by atoms with van der Waals surface area (Å²) in [5.41, 5.74) is 0.756. The van der Waals surface area contributed by atoms with Gasteiger partial charge in [0, 0.05) is 0 Å². The van der Waals surface area contributed by atoms with Crippen LogP contribution in [0.25, 0.3) is 0 Å². The van der Waals surface area contributed by atoms with Crippen molar-refractivity contribution in [1.29, 1.82) is 0 Å². The standard InChI is InChI=1S/C28H50O/c1-6-8-20(2)9-7-10-21-12-14-24-23-13-11-22-19-26(3,29)17-18-28(22,5)25(23)15-16-27(21,24)4/h20-25,29H,6-19H2,1-5H3/t20-,21-,22?,23?,24?,25?,26-,27?,28?/m0/s1. The van der Waals surface area contributed by atoms with Gasteiger partial charge in [-0.2, -0.15) is 0 Å². The molecule has 9 atom stereocenters. The van der Waals surface area contributed by atoms with Crippen molar-refractivity contribution in [2.75, 3.05) is 0 Å². The van der Waals surface area contributed by atoms with Gasteiger partial charge < -0.3 is 5.11 Å². The normalized spacial score (nSPS) is 50.5. The van der Waals surface area contributed by atoms with Gasteiger partial charge in [0.15, 0.2) is 0 Å². The van der Waals surface area contributed by atoms with Gasteiger partial charge in [0.25, 0.3) is 0 Å². The molecule has 168 valence electrons. The Morgan fingerprint density at radius 1 is 0.862 bits per heavy atom. The molecule has 4 rings (SSSR count). The van der Waals surface area contributed by atoms with Crippen molar-refractivity contribution in [3.63, 3.8) is 0 Å². The molecule has 0 spiro atoms. The van der Waals surface area contributed by atoms with Crippen LogP contribution < -0.4 is 0 Å². The van der Waals surface area contributed by atoms with Crippen LogP contribution in [0.4, 0.5) is 0 Å². The van der Waals surface area contributed by atoms with Crippen LogP contribution in [0.15, 0.2) is 0 Å². The molecule has 4 aliphatic carbocycles. The van der Waals surface area contributed by atoms with E-state index < -0.39 is 5.60 Å². The summed E-state index contributed by atoms with van der Waals surface area (Å²) in [4.78, 5) is 0. The highest BCUT2D eigenvalue weighted by Crippen LogP contribution is 2.68. The van der Waals surface area contributed by atoms with E-state index in [0.717, 1.165) is 48.3 Å². The Balaban J connectivity index is 1.41. The van der Waals surface area contributed by atoms with E-state index >= 15 is 0 Å². The minimum atomic E-state index is -0.395. The van der Waals surface area contributed by atoms with E-state index in [1.807, 2.05) is 0 Å². The number of rotatable bonds is 6. The van der Waals surface area contributed by atoms with Crippen molar-refractivity contribution in [3.8, 4) is 0 Å². The quantitative estimate of drug-likeness (QED) is 0.477. The molecule has 0 aliphatic heterocycles. The number of hydrogen-bond acceptors (Lipinski definition) is 1. The molecule has 29 heavy (non-hydrogen) atoms. The van der Waals surface area contributed by atoms with Crippen molar-refractivity contribution in [2.45, 2.75) is 130 Å². The minimum Gasteiger partial charge on any atom is -0.390 e. The van der Waals surface area contributed by atoms with Gasteiger partial charge in [-0.05, 0) is 117 Å². The Hall–Kier alpha value is -0.0400. The molecule has 0 heterocycles. The summed E-state index contributed by atoms with van der Waals surface area (Å²) in [5.74, 6) is 5.63. The smallest absolute Gasteiger partial charge is 0.0622 e. The average molecular weight is 403 g/mol. The maximum absolute atomic E-state index is 10.7. The fraction of sp³-hybridized carbons (Fsp3) is 1.00. The van der Waals surface area contributed by atoms with Gasteiger partial charge in [0.2, 0.25) is 0 Å². The third kappa shape index (κ3) is 3.96. The van der Waals surface area contributed by atoms with Crippen LogP contribution in [0.5, 0.6) is 0 Å². The van der Waals surface area contributed by atoms with Crippen LogP contribution in [0.2, 0.25) is 0 Å². The summed E-state index contributed by atoms with van der Waals surface area (Å²) in [6.07, 6.45) is 19.4. The minimum absolute atomic E-state index is 0.395. The van der Waals surface area contributed by atoms with Crippen LogP contribution in [0.1, 0.15) is 125 Å². The van der Waals surface area contributed by atoms with Crippen LogP contribution in [0, 0.1) is 46.3 Å². The number of aliphatic hydroxyl groups is 1. The Morgan fingerprint density at radius 3 is 2.38 bits per heavy atom. The molecule has 4 fully saturated rings. The molecule has 1 N–H and O–H groups in total. The Labute approximate surface area is 181 Å². The second-order valence-electron chi connectivity index (χ2n) is 13.0. The lowest BCUT2D eigenvalue weighted by Crippen LogP contribution is -2.55. The monoisotopic (exact) mass is 402 g/mol. The lowest BCUT2D eigenvalue weighted by Gasteiger charge is -2.62. The molecule has 0 amide bonds. The van der Waals surface area contributed by atoms with E-state index in [9.17, 15) is 5.11 Å². The highest BCUT2D eigenvalue weighted by molar-refractivity contribution is 5.10. The van der Waals surface area contributed by atoms with Crippen LogP contribution in [-0.4, -0.2) is 10.7 Å². The number of fused-ring (bicyclic) bond motifs is 5. The van der Waals surface area contributed by atoms with Crippen LogP contribution in [0.3, 0.4) is 0 Å². The van der Waals surface area contributed by atoms with Crippen LogP contribution >= 0.6 is 0 Å². The molecular weight excluding hydrogens is 352 g/mol. The topological polar surface area (TPSA) is 20.2 Å². The summed E-state index contributed by atoms with van der Waals surface area (Å²) in [7, 11) is 0. The molecule has 0 saturated heterocycles. The van der Waals surface area contributed by atoms with Gasteiger partial charge in [-0.1, -0.05) is 53.4 Å². The summed E-state index contributed by atoms with van der Waals surface area (Å²) < 4.78 is 0. The van der Waals surface area contributed by atoms with Gasteiger partial charge in [-0.25, -0.2) is 0 Å². The molecular formula is C28H50O. The SMILES string of the molecule is CCC[C@H](C)CCC[C@H]1CCC2C3CCC4C[C@@](C)(O)CCC4(C)C3CCC21C. The van der Waals surface area contributed by atoms with E-state index in [1.165, 1.54) is 77.0 Å². The zero-order chi connectivity index (χ0) is 20.9. The Kier molecular flexibility index (Phi) is 6.22. The second kappa shape index (κ2) is 8.14. The largest absolute Gasteiger partial charge is 0.390 e. The predicted molar refractivity (Wildman–Crippen MR) is 124 cm³/mol. The molecule has 4 aliphatic rings. The Bertz CT molecular complexity index is 567. The first-order chi connectivity index (χ1) is 13.7. The van der Waals surface area contributed by atoms with Gasteiger partial charge in [0.05, 0.1) is 5.60 Å². The van der Waals surface area contributed by atoms with E-state index in [1.54, 1.807) is 0 Å². The first-order valence-corrected chi connectivity index (χ1v) is 13.4. The van der Waals surface area contributed by atoms with E-state index in [0.29, 0.717) is 10.8 Å². The molecule has 6 unspecified atom stereocenters. The van der Waals surface area contributed by atoms with Crippen molar-refractivity contribution in [3.05, 3.63) is 0 Å². The predicted octanol–water partition coefficient (Wildman–Crippen LogP) is 8.00. The molecule has 0 radical (unpaired) electrons. The molecule has 0 aromatic carbocycles. The van der Waals surface area contributed by atoms with Crippen molar-refractivity contribution >= 4 is 0 Å². The molecule has 0 bridgehead atoms. The zero-order valence-electron chi connectivity index (χ0n) is 20.3. The average Bonchev–Trinajstić information content (AvgIpc) is 2.99. The van der Waals surface area contributed by atoms with E-state index in [2.05, 4.69) is 34.6 Å². The molecule has 0 aromatic rings. The van der Waals surface area contributed by atoms with Crippen molar-refractivity contribution in [1.82, 2.24) is 0 Å². The molecule has 4 saturated carbocycles. The van der Waals surface area contributed by atoms with Crippen molar-refractivity contribution < 1.29 is 5.11 Å². The summed E-state index contributed by atoms with van der Waals surface area (Å²) in [5, 5.41) is 10.7. The molecule has 0 aromatic heterocycles. The first kappa shape index (κ1) is 22.2. The highest BCUT2D eigenvalue weighted by atomic mass is 16.3. The fourth-order valence-electron chi connectivity index (χ4n) is 9.36. The third-order valence-corrected chi connectivity index (χ3v) is 11.2. The van der Waals surface area contributed by atoms with E-state index in [4.69, 9.17) is 0 Å². The Morgan fingerprint density at radius 2 is 1.62 bits per heavy atom.